The zero-order chi connectivity index (χ0) is 15.9. The summed E-state index contributed by atoms with van der Waals surface area (Å²) < 4.78 is 5.73. The number of benzene rings is 1. The van der Waals surface area contributed by atoms with E-state index < -0.39 is 0 Å². The van der Waals surface area contributed by atoms with E-state index in [4.69, 9.17) is 4.74 Å². The van der Waals surface area contributed by atoms with Gasteiger partial charge in [-0.3, -0.25) is 0 Å². The molecule has 0 bridgehead atoms. The van der Waals surface area contributed by atoms with Crippen molar-refractivity contribution in [3.8, 4) is 5.88 Å². The molecule has 0 aliphatic carbocycles. The van der Waals surface area contributed by atoms with Gasteiger partial charge in [0.1, 0.15) is 6.10 Å². The fraction of sp³-hybridized carbons (Fsp3) is 0.353. The van der Waals surface area contributed by atoms with Gasteiger partial charge in [0.25, 0.3) is 0 Å². The van der Waals surface area contributed by atoms with E-state index in [1.54, 1.807) is 23.2 Å². The molecule has 2 heterocycles. The SMILES string of the molecule is O=C(NCCc1ccccc1)N1CC[C@H](Oc2cccnn2)C1. The van der Waals surface area contributed by atoms with Crippen LogP contribution in [0.3, 0.4) is 0 Å². The molecule has 6 heteroatoms. The third-order valence-electron chi connectivity index (χ3n) is 3.80. The molecule has 1 aromatic heterocycles. The van der Waals surface area contributed by atoms with Crippen LogP contribution >= 0.6 is 0 Å². The van der Waals surface area contributed by atoms with Gasteiger partial charge in [-0.25, -0.2) is 4.79 Å². The van der Waals surface area contributed by atoms with Crippen molar-refractivity contribution in [2.24, 2.45) is 0 Å². The van der Waals surface area contributed by atoms with Crippen molar-refractivity contribution < 1.29 is 9.53 Å². The first-order chi connectivity index (χ1) is 11.3. The smallest absolute Gasteiger partial charge is 0.317 e. The Morgan fingerprint density at radius 2 is 2.13 bits per heavy atom. The molecule has 1 aliphatic heterocycles. The predicted molar refractivity (Wildman–Crippen MR) is 86.2 cm³/mol. The van der Waals surface area contributed by atoms with E-state index in [2.05, 4.69) is 27.6 Å². The zero-order valence-electron chi connectivity index (χ0n) is 12.9. The number of hydrogen-bond acceptors (Lipinski definition) is 4. The topological polar surface area (TPSA) is 67.4 Å². The maximum absolute atomic E-state index is 12.2. The van der Waals surface area contributed by atoms with Crippen LogP contribution in [0.1, 0.15) is 12.0 Å². The van der Waals surface area contributed by atoms with Crippen LogP contribution in [-0.4, -0.2) is 46.9 Å². The summed E-state index contributed by atoms with van der Waals surface area (Å²) in [6, 6.07) is 13.6. The number of nitrogens with zero attached hydrogens (tertiary/aromatic N) is 3. The highest BCUT2D eigenvalue weighted by Gasteiger charge is 2.27. The summed E-state index contributed by atoms with van der Waals surface area (Å²) in [5.41, 5.74) is 1.22. The third-order valence-corrected chi connectivity index (χ3v) is 3.80. The van der Waals surface area contributed by atoms with E-state index in [0.29, 0.717) is 25.5 Å². The Morgan fingerprint density at radius 1 is 1.26 bits per heavy atom. The molecule has 1 aromatic carbocycles. The van der Waals surface area contributed by atoms with E-state index in [1.807, 2.05) is 18.2 Å². The third kappa shape index (κ3) is 4.42. The molecule has 1 atom stereocenters. The lowest BCUT2D eigenvalue weighted by molar-refractivity contribution is 0.182. The maximum atomic E-state index is 12.2. The molecule has 1 fully saturated rings. The maximum Gasteiger partial charge on any atom is 0.317 e. The van der Waals surface area contributed by atoms with Crippen molar-refractivity contribution in [2.45, 2.75) is 18.9 Å². The Balaban J connectivity index is 1.41. The monoisotopic (exact) mass is 312 g/mol. The lowest BCUT2D eigenvalue weighted by atomic mass is 10.1. The Morgan fingerprint density at radius 3 is 2.91 bits per heavy atom. The standard InChI is InChI=1S/C17H20N4O2/c22-17(18-11-8-14-5-2-1-3-6-14)21-12-9-15(13-21)23-16-7-4-10-19-20-16/h1-7,10,15H,8-9,11-13H2,(H,18,22)/t15-/m0/s1. The van der Waals surface area contributed by atoms with Crippen LogP contribution in [-0.2, 0) is 6.42 Å². The summed E-state index contributed by atoms with van der Waals surface area (Å²) in [4.78, 5) is 13.9. The molecule has 120 valence electrons. The fourth-order valence-electron chi connectivity index (χ4n) is 2.60. The molecule has 0 radical (unpaired) electrons. The average Bonchev–Trinajstić information content (AvgIpc) is 3.05. The Labute approximate surface area is 135 Å². The molecule has 6 nitrogen and oxygen atoms in total. The first-order valence-electron chi connectivity index (χ1n) is 7.82. The van der Waals surface area contributed by atoms with Crippen LogP contribution in [0.15, 0.2) is 48.7 Å². The van der Waals surface area contributed by atoms with Crippen LogP contribution in [0.5, 0.6) is 5.88 Å². The van der Waals surface area contributed by atoms with Crippen LogP contribution in [0.2, 0.25) is 0 Å². The zero-order valence-corrected chi connectivity index (χ0v) is 12.9. The minimum absolute atomic E-state index is 0.0217. The number of aromatic nitrogens is 2. The highest BCUT2D eigenvalue weighted by atomic mass is 16.5. The summed E-state index contributed by atoms with van der Waals surface area (Å²) in [6.45, 7) is 1.91. The van der Waals surface area contributed by atoms with Crippen molar-refractivity contribution in [3.63, 3.8) is 0 Å². The number of hydrogen-bond donors (Lipinski definition) is 1. The number of amides is 2. The van der Waals surface area contributed by atoms with Gasteiger partial charge < -0.3 is 15.0 Å². The highest BCUT2D eigenvalue weighted by Crippen LogP contribution is 2.15. The molecule has 2 amide bonds. The summed E-state index contributed by atoms with van der Waals surface area (Å²) in [5.74, 6) is 0.504. The minimum atomic E-state index is -0.0359. The second-order valence-electron chi connectivity index (χ2n) is 5.50. The van der Waals surface area contributed by atoms with Crippen LogP contribution < -0.4 is 10.1 Å². The van der Waals surface area contributed by atoms with Gasteiger partial charge in [0, 0.05) is 31.8 Å². The van der Waals surface area contributed by atoms with Crippen molar-refractivity contribution in [1.82, 2.24) is 20.4 Å². The number of carbonyl (C=O) groups is 1. The van der Waals surface area contributed by atoms with Crippen molar-refractivity contribution >= 4 is 6.03 Å². The highest BCUT2D eigenvalue weighted by molar-refractivity contribution is 5.74. The van der Waals surface area contributed by atoms with Gasteiger partial charge in [0.15, 0.2) is 0 Å². The number of nitrogens with one attached hydrogen (secondary N) is 1. The average molecular weight is 312 g/mol. The molecular weight excluding hydrogens is 292 g/mol. The molecule has 0 saturated carbocycles. The first kappa shape index (κ1) is 15.3. The van der Waals surface area contributed by atoms with Crippen molar-refractivity contribution in [2.75, 3.05) is 19.6 Å². The molecule has 1 N–H and O–H groups in total. The lowest BCUT2D eigenvalue weighted by Gasteiger charge is -2.17. The number of likely N-dealkylation sites (tertiary alicyclic amines) is 1. The normalized spacial score (nSPS) is 17.0. The quantitative estimate of drug-likeness (QED) is 0.915. The van der Waals surface area contributed by atoms with Crippen molar-refractivity contribution in [1.29, 1.82) is 0 Å². The van der Waals surface area contributed by atoms with E-state index in [9.17, 15) is 4.79 Å². The number of ether oxygens (including phenoxy) is 1. The molecule has 0 spiro atoms. The molecule has 2 aromatic rings. The van der Waals surface area contributed by atoms with Gasteiger partial charge in [-0.05, 0) is 18.1 Å². The number of urea groups is 1. The van der Waals surface area contributed by atoms with Gasteiger partial charge in [-0.1, -0.05) is 30.3 Å². The van der Waals surface area contributed by atoms with Gasteiger partial charge in [0.2, 0.25) is 5.88 Å². The van der Waals surface area contributed by atoms with Gasteiger partial charge in [-0.2, -0.15) is 5.10 Å². The molecular formula is C17H20N4O2. The predicted octanol–water partition coefficient (Wildman–Crippen LogP) is 1.88. The van der Waals surface area contributed by atoms with Crippen LogP contribution in [0.25, 0.3) is 0 Å². The molecule has 1 aliphatic rings. The number of rotatable bonds is 5. The van der Waals surface area contributed by atoms with Crippen molar-refractivity contribution in [3.05, 3.63) is 54.2 Å². The summed E-state index contributed by atoms with van der Waals surface area (Å²) in [7, 11) is 0. The fourth-order valence-corrected chi connectivity index (χ4v) is 2.60. The van der Waals surface area contributed by atoms with Gasteiger partial charge >= 0.3 is 6.03 Å². The summed E-state index contributed by atoms with van der Waals surface area (Å²) >= 11 is 0. The van der Waals surface area contributed by atoms with Crippen LogP contribution in [0.4, 0.5) is 4.79 Å². The Kier molecular flexibility index (Phi) is 5.03. The van der Waals surface area contributed by atoms with E-state index >= 15 is 0 Å². The Bertz CT molecular complexity index is 621. The van der Waals surface area contributed by atoms with E-state index in [-0.39, 0.29) is 12.1 Å². The van der Waals surface area contributed by atoms with Crippen LogP contribution in [0, 0.1) is 0 Å². The lowest BCUT2D eigenvalue weighted by Crippen LogP contribution is -2.40. The molecule has 3 rings (SSSR count). The molecule has 0 unspecified atom stereocenters. The largest absolute Gasteiger partial charge is 0.471 e. The summed E-state index contributed by atoms with van der Waals surface area (Å²) in [6.07, 6.45) is 3.22. The second kappa shape index (κ2) is 7.58. The molecule has 1 saturated heterocycles. The van der Waals surface area contributed by atoms with Gasteiger partial charge in [-0.15, -0.1) is 5.10 Å². The molecule has 23 heavy (non-hydrogen) atoms. The van der Waals surface area contributed by atoms with E-state index in [0.717, 1.165) is 12.8 Å². The summed E-state index contributed by atoms with van der Waals surface area (Å²) in [5, 5.41) is 10.6. The van der Waals surface area contributed by atoms with Gasteiger partial charge in [0.05, 0.1) is 6.54 Å². The second-order valence-corrected chi connectivity index (χ2v) is 5.50. The van der Waals surface area contributed by atoms with E-state index in [1.165, 1.54) is 5.56 Å². The first-order valence-corrected chi connectivity index (χ1v) is 7.82. The minimum Gasteiger partial charge on any atom is -0.471 e. The number of carbonyl (C=O) groups excluding carboxylic acids is 1. The Hall–Kier alpha value is -2.63.